The molecule has 5 rings (SSSR count). The quantitative estimate of drug-likeness (QED) is 0.366. The average Bonchev–Trinajstić information content (AvgIpc) is 2.90. The van der Waals surface area contributed by atoms with Gasteiger partial charge in [-0.05, 0) is 62.4 Å². The lowest BCUT2D eigenvalue weighted by molar-refractivity contribution is 0.141. The van der Waals surface area contributed by atoms with Crippen molar-refractivity contribution in [2.24, 2.45) is 0 Å². The van der Waals surface area contributed by atoms with Crippen LogP contribution < -0.4 is 5.32 Å². The zero-order chi connectivity index (χ0) is 25.3. The molecule has 0 spiro atoms. The highest BCUT2D eigenvalue weighted by molar-refractivity contribution is 7.89. The fourth-order valence-corrected chi connectivity index (χ4v) is 5.95. The Hall–Kier alpha value is -3.04. The van der Waals surface area contributed by atoms with E-state index in [2.05, 4.69) is 36.2 Å². The highest BCUT2D eigenvalue weighted by atomic mass is 35.5. The second-order valence-corrected chi connectivity index (χ2v) is 11.4. The second-order valence-electron chi connectivity index (χ2n) is 9.01. The summed E-state index contributed by atoms with van der Waals surface area (Å²) in [6.07, 6.45) is 0. The minimum Gasteiger partial charge on any atom is -0.340 e. The molecule has 9 heteroatoms. The van der Waals surface area contributed by atoms with E-state index < -0.39 is 10.0 Å². The van der Waals surface area contributed by atoms with E-state index in [9.17, 15) is 8.42 Å². The summed E-state index contributed by atoms with van der Waals surface area (Å²) in [7, 11) is -3.56. The van der Waals surface area contributed by atoms with Gasteiger partial charge in [-0.3, -0.25) is 4.90 Å². The molecule has 1 N–H and O–H groups in total. The minimum atomic E-state index is -3.56. The standard InChI is InChI=1S/C27H28ClN5O2S/c1-19-7-11-22(12-8-19)29-27-24-5-3-4-6-25(24)30-26(31-27)20(2)32-15-17-33(18-16-32)36(34,35)23-13-9-21(28)10-14-23/h3-14,20H,15-18H2,1-2H3,(H,29,30,31)/t20-/m0/s1. The van der Waals surface area contributed by atoms with Gasteiger partial charge in [-0.2, -0.15) is 4.31 Å². The van der Waals surface area contributed by atoms with Crippen LogP contribution in [0, 0.1) is 6.92 Å². The zero-order valence-electron chi connectivity index (χ0n) is 20.2. The summed E-state index contributed by atoms with van der Waals surface area (Å²) in [5.74, 6) is 1.47. The van der Waals surface area contributed by atoms with Crippen LogP contribution in [-0.2, 0) is 10.0 Å². The largest absolute Gasteiger partial charge is 0.340 e. The highest BCUT2D eigenvalue weighted by Crippen LogP contribution is 2.28. The minimum absolute atomic E-state index is 0.0754. The van der Waals surface area contributed by atoms with Gasteiger partial charge in [0.05, 0.1) is 16.5 Å². The first kappa shape index (κ1) is 24.6. The van der Waals surface area contributed by atoms with Gasteiger partial charge < -0.3 is 5.32 Å². The summed E-state index contributed by atoms with van der Waals surface area (Å²) in [4.78, 5) is 12.3. The van der Waals surface area contributed by atoms with Crippen molar-refractivity contribution in [3.05, 3.63) is 89.2 Å². The Kier molecular flexibility index (Phi) is 6.94. The van der Waals surface area contributed by atoms with Gasteiger partial charge >= 0.3 is 0 Å². The Bertz CT molecular complexity index is 1470. The van der Waals surface area contributed by atoms with Crippen molar-refractivity contribution in [2.75, 3.05) is 31.5 Å². The molecule has 1 atom stereocenters. The number of rotatable bonds is 6. The molecule has 186 valence electrons. The molecule has 36 heavy (non-hydrogen) atoms. The van der Waals surface area contributed by atoms with Gasteiger partial charge in [-0.15, -0.1) is 0 Å². The van der Waals surface area contributed by atoms with Gasteiger partial charge in [0.2, 0.25) is 10.0 Å². The molecule has 7 nitrogen and oxygen atoms in total. The molecular formula is C27H28ClN5O2S. The molecule has 0 unspecified atom stereocenters. The maximum Gasteiger partial charge on any atom is 0.243 e. The monoisotopic (exact) mass is 521 g/mol. The van der Waals surface area contributed by atoms with Crippen LogP contribution in [0.2, 0.25) is 5.02 Å². The van der Waals surface area contributed by atoms with E-state index in [0.29, 0.717) is 37.0 Å². The number of aromatic nitrogens is 2. The van der Waals surface area contributed by atoms with Crippen LogP contribution in [0.5, 0.6) is 0 Å². The van der Waals surface area contributed by atoms with E-state index in [4.69, 9.17) is 21.6 Å². The van der Waals surface area contributed by atoms with Gasteiger partial charge in [0.25, 0.3) is 0 Å². The van der Waals surface area contributed by atoms with Crippen LogP contribution in [0.25, 0.3) is 10.9 Å². The maximum absolute atomic E-state index is 13.1. The zero-order valence-corrected chi connectivity index (χ0v) is 21.8. The Morgan fingerprint density at radius 2 is 1.56 bits per heavy atom. The third-order valence-electron chi connectivity index (χ3n) is 6.58. The third kappa shape index (κ3) is 5.08. The number of halogens is 1. The number of piperazine rings is 1. The molecule has 0 radical (unpaired) electrons. The molecular weight excluding hydrogens is 494 g/mol. The van der Waals surface area contributed by atoms with Gasteiger partial charge in [-0.25, -0.2) is 18.4 Å². The van der Waals surface area contributed by atoms with Crippen molar-refractivity contribution in [1.82, 2.24) is 19.2 Å². The second kappa shape index (κ2) is 10.1. The normalized spacial score (nSPS) is 16.2. The van der Waals surface area contributed by atoms with Crippen molar-refractivity contribution in [3.8, 4) is 0 Å². The van der Waals surface area contributed by atoms with E-state index in [-0.39, 0.29) is 10.9 Å². The lowest BCUT2D eigenvalue weighted by atomic mass is 10.2. The topological polar surface area (TPSA) is 78.4 Å². The predicted molar refractivity (Wildman–Crippen MR) is 144 cm³/mol. The Morgan fingerprint density at radius 3 is 2.25 bits per heavy atom. The fraction of sp³-hybridized carbons (Fsp3) is 0.259. The number of anilines is 2. The molecule has 0 saturated carbocycles. The number of fused-ring (bicyclic) bond motifs is 1. The van der Waals surface area contributed by atoms with Crippen molar-refractivity contribution >= 4 is 44.0 Å². The molecule has 1 aromatic heterocycles. The molecule has 2 heterocycles. The molecule has 1 saturated heterocycles. The summed E-state index contributed by atoms with van der Waals surface area (Å²) in [5.41, 5.74) is 3.02. The van der Waals surface area contributed by atoms with Crippen molar-refractivity contribution in [1.29, 1.82) is 0 Å². The van der Waals surface area contributed by atoms with Crippen LogP contribution in [-0.4, -0.2) is 53.8 Å². The fourth-order valence-electron chi connectivity index (χ4n) is 4.40. The Labute approximate surface area is 216 Å². The summed E-state index contributed by atoms with van der Waals surface area (Å²) in [6, 6.07) is 22.4. The van der Waals surface area contributed by atoms with Crippen LogP contribution in [0.4, 0.5) is 11.5 Å². The van der Waals surface area contributed by atoms with E-state index in [1.54, 1.807) is 24.3 Å². The summed E-state index contributed by atoms with van der Waals surface area (Å²) in [5, 5.41) is 4.92. The predicted octanol–water partition coefficient (Wildman–Crippen LogP) is 5.40. The maximum atomic E-state index is 13.1. The van der Waals surface area contributed by atoms with Crippen LogP contribution >= 0.6 is 11.6 Å². The number of sulfonamides is 1. The van der Waals surface area contributed by atoms with Crippen molar-refractivity contribution < 1.29 is 8.42 Å². The van der Waals surface area contributed by atoms with E-state index in [1.165, 1.54) is 9.87 Å². The summed E-state index contributed by atoms with van der Waals surface area (Å²) in [6.45, 7) is 6.11. The van der Waals surface area contributed by atoms with Gasteiger partial charge in [-0.1, -0.05) is 41.4 Å². The summed E-state index contributed by atoms with van der Waals surface area (Å²) < 4.78 is 27.7. The molecule has 0 amide bonds. The first-order valence-corrected chi connectivity index (χ1v) is 13.7. The Balaban J connectivity index is 1.35. The summed E-state index contributed by atoms with van der Waals surface area (Å²) >= 11 is 5.93. The third-order valence-corrected chi connectivity index (χ3v) is 8.75. The lowest BCUT2D eigenvalue weighted by Crippen LogP contribution is -2.49. The number of para-hydroxylation sites is 1. The van der Waals surface area contributed by atoms with E-state index >= 15 is 0 Å². The van der Waals surface area contributed by atoms with E-state index in [1.807, 2.05) is 36.4 Å². The molecule has 1 aliphatic rings. The lowest BCUT2D eigenvalue weighted by Gasteiger charge is -2.36. The molecule has 1 fully saturated rings. The number of aryl methyl sites for hydroxylation is 1. The number of hydrogen-bond acceptors (Lipinski definition) is 6. The van der Waals surface area contributed by atoms with Crippen molar-refractivity contribution in [2.45, 2.75) is 24.8 Å². The SMILES string of the molecule is Cc1ccc(Nc2nc([C@H](C)N3CCN(S(=O)(=O)c4ccc(Cl)cc4)CC3)nc3ccccc23)cc1. The highest BCUT2D eigenvalue weighted by Gasteiger charge is 2.31. The molecule has 1 aliphatic heterocycles. The van der Waals surface area contributed by atoms with Gasteiger partial charge in [0.15, 0.2) is 0 Å². The van der Waals surface area contributed by atoms with Crippen LogP contribution in [0.3, 0.4) is 0 Å². The van der Waals surface area contributed by atoms with Crippen LogP contribution in [0.15, 0.2) is 77.7 Å². The Morgan fingerprint density at radius 1 is 0.889 bits per heavy atom. The van der Waals surface area contributed by atoms with Gasteiger partial charge in [0, 0.05) is 42.3 Å². The number of benzene rings is 3. The first-order valence-electron chi connectivity index (χ1n) is 11.9. The number of nitrogens with one attached hydrogen (secondary N) is 1. The number of hydrogen-bond donors (Lipinski definition) is 1. The smallest absolute Gasteiger partial charge is 0.243 e. The molecule has 3 aromatic carbocycles. The number of nitrogens with zero attached hydrogens (tertiary/aromatic N) is 4. The molecule has 0 aliphatic carbocycles. The first-order chi connectivity index (χ1) is 17.3. The van der Waals surface area contributed by atoms with E-state index in [0.717, 1.165) is 22.4 Å². The molecule has 0 bridgehead atoms. The van der Waals surface area contributed by atoms with Gasteiger partial charge in [0.1, 0.15) is 11.6 Å². The average molecular weight is 522 g/mol. The van der Waals surface area contributed by atoms with Crippen LogP contribution in [0.1, 0.15) is 24.4 Å². The van der Waals surface area contributed by atoms with Crippen molar-refractivity contribution in [3.63, 3.8) is 0 Å². The molecule has 4 aromatic rings.